The molecule has 0 rings (SSSR count). The molecule has 0 bridgehead atoms. The van der Waals surface area contributed by atoms with Crippen LogP contribution in [0.15, 0.2) is 0 Å². The molecule has 2 N–H and O–H groups in total. The van der Waals surface area contributed by atoms with Crippen LogP contribution in [-0.4, -0.2) is 22.9 Å². The van der Waals surface area contributed by atoms with Crippen molar-refractivity contribution in [3.05, 3.63) is 0 Å². The van der Waals surface area contributed by atoms with Gasteiger partial charge in [-0.3, -0.25) is 0 Å². The average Bonchev–Trinajstić information content (AvgIpc) is 1.87. The predicted molar refractivity (Wildman–Crippen MR) is 37.2 cm³/mol. The molecule has 56 valence electrons. The molecule has 0 unspecified atom stereocenters. The van der Waals surface area contributed by atoms with Gasteiger partial charge in [0, 0.05) is 6.61 Å². The minimum atomic E-state index is -0.229. The maximum Gasteiger partial charge on any atom is 0.0541 e. The fraction of sp³-hybridized carbons (Fsp3) is 1.00. The lowest BCUT2D eigenvalue weighted by Gasteiger charge is -2.11. The van der Waals surface area contributed by atoms with E-state index in [9.17, 15) is 0 Å². The van der Waals surface area contributed by atoms with E-state index in [0.29, 0.717) is 6.42 Å². The van der Waals surface area contributed by atoms with E-state index in [-0.39, 0.29) is 18.6 Å². The van der Waals surface area contributed by atoms with Gasteiger partial charge in [-0.25, -0.2) is 0 Å². The molecule has 9 heavy (non-hydrogen) atoms. The first-order chi connectivity index (χ1) is 4.20. The van der Waals surface area contributed by atoms with Crippen molar-refractivity contribution < 1.29 is 10.2 Å². The van der Waals surface area contributed by atoms with Crippen molar-refractivity contribution >= 4 is 0 Å². The third-order valence-electron chi connectivity index (χ3n) is 1.46. The standard InChI is InChI=1S/C7H16O2/c1-3-7(9)4-6(2)5-8/h6-9H,3-5H2,1-2H3/t6-,7-/m0/s1. The Kier molecular flexibility index (Phi) is 4.72. The van der Waals surface area contributed by atoms with Gasteiger partial charge in [0.1, 0.15) is 0 Å². The Morgan fingerprint density at radius 1 is 1.44 bits per heavy atom. The Morgan fingerprint density at radius 3 is 2.33 bits per heavy atom. The Hall–Kier alpha value is -0.0800. The maximum absolute atomic E-state index is 9.05. The third-order valence-corrected chi connectivity index (χ3v) is 1.46. The zero-order valence-electron chi connectivity index (χ0n) is 6.17. The van der Waals surface area contributed by atoms with Gasteiger partial charge in [0.2, 0.25) is 0 Å². The van der Waals surface area contributed by atoms with Gasteiger partial charge in [-0.2, -0.15) is 0 Å². The van der Waals surface area contributed by atoms with Gasteiger partial charge < -0.3 is 10.2 Å². The molecule has 0 heterocycles. The quantitative estimate of drug-likeness (QED) is 0.593. The van der Waals surface area contributed by atoms with E-state index in [1.807, 2.05) is 13.8 Å². The van der Waals surface area contributed by atoms with Gasteiger partial charge in [-0.15, -0.1) is 0 Å². The summed E-state index contributed by atoms with van der Waals surface area (Å²) in [6, 6.07) is 0. The van der Waals surface area contributed by atoms with E-state index >= 15 is 0 Å². The molecule has 0 aromatic heterocycles. The average molecular weight is 132 g/mol. The molecule has 2 nitrogen and oxygen atoms in total. The summed E-state index contributed by atoms with van der Waals surface area (Å²) in [6.45, 7) is 4.05. The lowest BCUT2D eigenvalue weighted by Crippen LogP contribution is -2.12. The van der Waals surface area contributed by atoms with Crippen LogP contribution in [0.25, 0.3) is 0 Å². The maximum atomic E-state index is 9.05. The number of aliphatic hydroxyl groups excluding tert-OH is 2. The predicted octanol–water partition coefficient (Wildman–Crippen LogP) is 0.776. The smallest absolute Gasteiger partial charge is 0.0541 e. The molecule has 2 heteroatoms. The van der Waals surface area contributed by atoms with Crippen LogP contribution in [0.2, 0.25) is 0 Å². The zero-order chi connectivity index (χ0) is 7.28. The van der Waals surface area contributed by atoms with Crippen LogP contribution in [0.5, 0.6) is 0 Å². The molecule has 2 atom stereocenters. The molecule has 0 radical (unpaired) electrons. The van der Waals surface area contributed by atoms with E-state index in [1.54, 1.807) is 0 Å². The van der Waals surface area contributed by atoms with Crippen LogP contribution >= 0.6 is 0 Å². The molecular weight excluding hydrogens is 116 g/mol. The molecule has 0 spiro atoms. The van der Waals surface area contributed by atoms with E-state index in [1.165, 1.54) is 0 Å². The molecule has 0 saturated carbocycles. The number of rotatable bonds is 4. The van der Waals surface area contributed by atoms with Crippen molar-refractivity contribution in [1.82, 2.24) is 0 Å². The summed E-state index contributed by atoms with van der Waals surface area (Å²) < 4.78 is 0. The summed E-state index contributed by atoms with van der Waals surface area (Å²) in [5.74, 6) is 0.236. The second-order valence-corrected chi connectivity index (χ2v) is 2.59. The van der Waals surface area contributed by atoms with Crippen molar-refractivity contribution in [3.63, 3.8) is 0 Å². The van der Waals surface area contributed by atoms with Gasteiger partial charge in [-0.05, 0) is 18.8 Å². The van der Waals surface area contributed by atoms with Crippen LogP contribution in [0.1, 0.15) is 26.7 Å². The van der Waals surface area contributed by atoms with Crippen LogP contribution in [0.3, 0.4) is 0 Å². The molecule has 0 fully saturated rings. The van der Waals surface area contributed by atoms with Gasteiger partial charge in [0.25, 0.3) is 0 Å². The number of hydrogen-bond acceptors (Lipinski definition) is 2. The zero-order valence-corrected chi connectivity index (χ0v) is 6.17. The first kappa shape index (κ1) is 8.92. The Labute approximate surface area is 56.5 Å². The van der Waals surface area contributed by atoms with E-state index < -0.39 is 0 Å². The Bertz CT molecular complexity index is 55.9. The van der Waals surface area contributed by atoms with Crippen molar-refractivity contribution in [2.45, 2.75) is 32.8 Å². The van der Waals surface area contributed by atoms with Gasteiger partial charge in [0.05, 0.1) is 6.10 Å². The molecular formula is C7H16O2. The highest BCUT2D eigenvalue weighted by Crippen LogP contribution is 2.06. The van der Waals surface area contributed by atoms with Crippen molar-refractivity contribution in [2.24, 2.45) is 5.92 Å². The van der Waals surface area contributed by atoms with Gasteiger partial charge >= 0.3 is 0 Å². The topological polar surface area (TPSA) is 40.5 Å². The van der Waals surface area contributed by atoms with Crippen LogP contribution in [0, 0.1) is 5.92 Å². The van der Waals surface area contributed by atoms with Crippen molar-refractivity contribution in [2.75, 3.05) is 6.61 Å². The summed E-state index contributed by atoms with van der Waals surface area (Å²) in [7, 11) is 0. The molecule has 0 saturated heterocycles. The second kappa shape index (κ2) is 4.77. The van der Waals surface area contributed by atoms with Gasteiger partial charge in [0.15, 0.2) is 0 Å². The molecule has 0 aliphatic carbocycles. The van der Waals surface area contributed by atoms with Gasteiger partial charge in [-0.1, -0.05) is 13.8 Å². The number of hydrogen-bond donors (Lipinski definition) is 2. The van der Waals surface area contributed by atoms with E-state index in [4.69, 9.17) is 10.2 Å². The summed E-state index contributed by atoms with van der Waals surface area (Å²) in [5, 5.41) is 17.6. The summed E-state index contributed by atoms with van der Waals surface area (Å²) >= 11 is 0. The van der Waals surface area contributed by atoms with Crippen molar-refractivity contribution in [1.29, 1.82) is 0 Å². The normalized spacial score (nSPS) is 17.3. The third kappa shape index (κ3) is 4.43. The minimum absolute atomic E-state index is 0.178. The summed E-state index contributed by atoms with van der Waals surface area (Å²) in [6.07, 6.45) is 1.27. The van der Waals surface area contributed by atoms with E-state index in [2.05, 4.69) is 0 Å². The van der Waals surface area contributed by atoms with Crippen LogP contribution in [0.4, 0.5) is 0 Å². The van der Waals surface area contributed by atoms with Crippen molar-refractivity contribution in [3.8, 4) is 0 Å². The molecule has 0 amide bonds. The minimum Gasteiger partial charge on any atom is -0.396 e. The Balaban J connectivity index is 3.22. The fourth-order valence-corrected chi connectivity index (χ4v) is 0.706. The molecule has 0 aromatic rings. The second-order valence-electron chi connectivity index (χ2n) is 2.59. The first-order valence-electron chi connectivity index (χ1n) is 3.49. The van der Waals surface area contributed by atoms with Crippen LogP contribution < -0.4 is 0 Å². The van der Waals surface area contributed by atoms with E-state index in [0.717, 1.165) is 6.42 Å². The lowest BCUT2D eigenvalue weighted by molar-refractivity contribution is 0.119. The molecule has 0 aromatic carbocycles. The SMILES string of the molecule is CC[C@H](O)C[C@H](C)CO. The summed E-state index contributed by atoms with van der Waals surface area (Å²) in [4.78, 5) is 0. The van der Waals surface area contributed by atoms with Crippen LogP contribution in [-0.2, 0) is 0 Å². The highest BCUT2D eigenvalue weighted by Gasteiger charge is 2.05. The highest BCUT2D eigenvalue weighted by molar-refractivity contribution is 4.57. The molecule has 0 aliphatic rings. The highest BCUT2D eigenvalue weighted by atomic mass is 16.3. The molecule has 0 aliphatic heterocycles. The number of aliphatic hydroxyl groups is 2. The summed E-state index contributed by atoms with van der Waals surface area (Å²) in [5.41, 5.74) is 0. The fourth-order valence-electron chi connectivity index (χ4n) is 0.706. The lowest BCUT2D eigenvalue weighted by atomic mass is 10.0. The largest absolute Gasteiger partial charge is 0.396 e. The first-order valence-corrected chi connectivity index (χ1v) is 3.49. The monoisotopic (exact) mass is 132 g/mol. The Morgan fingerprint density at radius 2 is 2.00 bits per heavy atom.